The number of fused-ring (bicyclic) bond motifs is 1. The number of rotatable bonds is 2. The van der Waals surface area contributed by atoms with Crippen LogP contribution in [0.25, 0.3) is 22.3 Å². The van der Waals surface area contributed by atoms with Crippen LogP contribution in [0.1, 0.15) is 0 Å². The van der Waals surface area contributed by atoms with Gasteiger partial charge in [-0.15, -0.1) is 0 Å². The highest BCUT2D eigenvalue weighted by Crippen LogP contribution is 2.43. The van der Waals surface area contributed by atoms with Crippen LogP contribution in [-0.4, -0.2) is 38.5 Å². The minimum atomic E-state index is -5.05. The molecule has 0 amide bonds. The number of benzene rings is 2. The molecule has 11 heteroatoms. The predicted molar refractivity (Wildman–Crippen MR) is 86.1 cm³/mol. The van der Waals surface area contributed by atoms with Crippen molar-refractivity contribution in [1.82, 2.24) is 0 Å². The van der Waals surface area contributed by atoms with E-state index < -0.39 is 65.9 Å². The number of hydrogen-bond donors (Lipinski definition) is 6. The van der Waals surface area contributed by atoms with Gasteiger partial charge in [0, 0.05) is 12.1 Å². The molecule has 0 unspecified atom stereocenters. The molecule has 0 saturated heterocycles. The van der Waals surface area contributed by atoms with E-state index in [9.17, 15) is 38.7 Å². The first-order chi connectivity index (χ1) is 12.0. The fourth-order valence-corrected chi connectivity index (χ4v) is 3.14. The summed E-state index contributed by atoms with van der Waals surface area (Å²) in [5.74, 6) is -5.11. The fourth-order valence-electron chi connectivity index (χ4n) is 2.46. The van der Waals surface area contributed by atoms with Crippen LogP contribution in [0, 0.1) is 0 Å². The average molecular weight is 382 g/mol. The lowest BCUT2D eigenvalue weighted by Crippen LogP contribution is -2.04. The molecular weight excluding hydrogens is 372 g/mol. The Labute approximate surface area is 144 Å². The molecule has 3 rings (SSSR count). The largest absolute Gasteiger partial charge is 0.508 e. The van der Waals surface area contributed by atoms with Gasteiger partial charge in [0.15, 0.2) is 16.4 Å². The molecule has 1 heterocycles. The summed E-state index contributed by atoms with van der Waals surface area (Å²) < 4.78 is 37.0. The van der Waals surface area contributed by atoms with Crippen molar-refractivity contribution < 1.29 is 42.9 Å². The molecule has 0 atom stereocenters. The average Bonchev–Trinajstić information content (AvgIpc) is 2.49. The molecule has 0 spiro atoms. The van der Waals surface area contributed by atoms with Gasteiger partial charge in [0.1, 0.15) is 28.2 Å². The van der Waals surface area contributed by atoms with Gasteiger partial charge in [0.2, 0.25) is 11.2 Å². The topological polar surface area (TPSA) is 186 Å². The Morgan fingerprint density at radius 2 is 1.54 bits per heavy atom. The molecule has 26 heavy (non-hydrogen) atoms. The first kappa shape index (κ1) is 17.4. The Bertz CT molecular complexity index is 1220. The number of aromatic hydroxyl groups is 5. The molecule has 136 valence electrons. The molecule has 0 radical (unpaired) electrons. The van der Waals surface area contributed by atoms with Crippen LogP contribution < -0.4 is 5.43 Å². The molecule has 3 aromatic rings. The van der Waals surface area contributed by atoms with Gasteiger partial charge in [0.05, 0.1) is 5.56 Å². The molecule has 0 fully saturated rings. The van der Waals surface area contributed by atoms with Crippen molar-refractivity contribution in [3.8, 4) is 40.1 Å². The van der Waals surface area contributed by atoms with Gasteiger partial charge in [0.25, 0.3) is 0 Å². The van der Waals surface area contributed by atoms with Gasteiger partial charge in [-0.2, -0.15) is 8.42 Å². The lowest BCUT2D eigenvalue weighted by molar-refractivity contribution is 0.408. The monoisotopic (exact) mass is 382 g/mol. The second kappa shape index (κ2) is 5.54. The minimum Gasteiger partial charge on any atom is -0.508 e. The SMILES string of the molecule is O=c1c(O)c(-c2ccc(O)c(S(=O)(=O)O)c2O)oc2cc(O)cc(O)c12. The lowest BCUT2D eigenvalue weighted by atomic mass is 10.1. The number of phenolic OH excluding ortho intramolecular Hbond substituents is 4. The van der Waals surface area contributed by atoms with Gasteiger partial charge in [-0.1, -0.05) is 0 Å². The third kappa shape index (κ3) is 2.55. The molecule has 2 aromatic carbocycles. The number of phenols is 4. The van der Waals surface area contributed by atoms with Crippen molar-refractivity contribution in [2.75, 3.05) is 0 Å². The molecule has 0 bridgehead atoms. The van der Waals surface area contributed by atoms with Crippen LogP contribution >= 0.6 is 0 Å². The van der Waals surface area contributed by atoms with Gasteiger partial charge < -0.3 is 29.9 Å². The first-order valence-corrected chi connectivity index (χ1v) is 8.21. The second-order valence-corrected chi connectivity index (χ2v) is 6.59. The summed E-state index contributed by atoms with van der Waals surface area (Å²) in [5.41, 5.74) is -2.05. The molecule has 0 aliphatic heterocycles. The molecule has 1 aromatic heterocycles. The highest BCUT2D eigenvalue weighted by atomic mass is 32.2. The minimum absolute atomic E-state index is 0.374. The van der Waals surface area contributed by atoms with Crippen LogP contribution in [0.3, 0.4) is 0 Å². The van der Waals surface area contributed by atoms with Gasteiger partial charge >= 0.3 is 10.1 Å². The summed E-state index contributed by atoms with van der Waals surface area (Å²) in [6, 6.07) is 3.49. The van der Waals surface area contributed by atoms with E-state index in [1.54, 1.807) is 0 Å². The Kier molecular flexibility index (Phi) is 3.70. The van der Waals surface area contributed by atoms with E-state index in [4.69, 9.17) is 8.97 Å². The maximum Gasteiger partial charge on any atom is 0.301 e. The van der Waals surface area contributed by atoms with E-state index >= 15 is 0 Å². The van der Waals surface area contributed by atoms with Gasteiger partial charge in [-0.25, -0.2) is 0 Å². The van der Waals surface area contributed by atoms with E-state index in [0.29, 0.717) is 0 Å². The Hall–Kier alpha value is -3.44. The molecule has 10 nitrogen and oxygen atoms in total. The number of hydrogen-bond acceptors (Lipinski definition) is 9. The molecule has 0 aliphatic rings. The van der Waals surface area contributed by atoms with E-state index in [1.165, 1.54) is 0 Å². The highest BCUT2D eigenvalue weighted by Gasteiger charge is 2.27. The first-order valence-electron chi connectivity index (χ1n) is 6.77. The van der Waals surface area contributed by atoms with Gasteiger partial charge in [-0.3, -0.25) is 9.35 Å². The van der Waals surface area contributed by atoms with E-state index in [2.05, 4.69) is 0 Å². The Morgan fingerprint density at radius 3 is 2.15 bits per heavy atom. The van der Waals surface area contributed by atoms with E-state index in [1.807, 2.05) is 0 Å². The zero-order valence-electron chi connectivity index (χ0n) is 12.5. The standard InChI is InChI=1S/C15H10O10S/c16-5-3-8(18)10-9(4-5)25-14(13(21)12(10)20)6-1-2-7(17)15(11(6)19)26(22,23)24/h1-4,16-19,21H,(H,22,23,24). The van der Waals surface area contributed by atoms with Crippen LogP contribution in [-0.2, 0) is 10.1 Å². The van der Waals surface area contributed by atoms with Crippen molar-refractivity contribution >= 4 is 21.1 Å². The highest BCUT2D eigenvalue weighted by molar-refractivity contribution is 7.86. The maximum absolute atomic E-state index is 12.3. The van der Waals surface area contributed by atoms with Crippen molar-refractivity contribution in [1.29, 1.82) is 0 Å². The zero-order chi connectivity index (χ0) is 19.4. The summed E-state index contributed by atoms with van der Waals surface area (Å²) in [4.78, 5) is 11.0. The van der Waals surface area contributed by atoms with Crippen molar-refractivity contribution in [3.05, 3.63) is 34.5 Å². The second-order valence-electron chi connectivity index (χ2n) is 5.23. The van der Waals surface area contributed by atoms with Crippen LogP contribution in [0.2, 0.25) is 0 Å². The zero-order valence-corrected chi connectivity index (χ0v) is 13.4. The van der Waals surface area contributed by atoms with Crippen LogP contribution in [0.15, 0.2) is 38.4 Å². The van der Waals surface area contributed by atoms with Crippen molar-refractivity contribution in [2.45, 2.75) is 4.90 Å². The summed E-state index contributed by atoms with van der Waals surface area (Å²) >= 11 is 0. The molecule has 6 N–H and O–H groups in total. The van der Waals surface area contributed by atoms with Crippen molar-refractivity contribution in [2.24, 2.45) is 0 Å². The quantitative estimate of drug-likeness (QED) is 0.352. The lowest BCUT2D eigenvalue weighted by Gasteiger charge is -2.11. The molecule has 0 saturated carbocycles. The van der Waals surface area contributed by atoms with Crippen molar-refractivity contribution in [3.63, 3.8) is 0 Å². The predicted octanol–water partition coefficient (Wildman–Crippen LogP) is 1.23. The smallest absolute Gasteiger partial charge is 0.301 e. The Morgan fingerprint density at radius 1 is 0.885 bits per heavy atom. The summed E-state index contributed by atoms with van der Waals surface area (Å²) in [5, 5.41) is 48.5. The molecule has 0 aliphatic carbocycles. The van der Waals surface area contributed by atoms with E-state index in [-0.39, 0.29) is 5.58 Å². The maximum atomic E-state index is 12.3. The van der Waals surface area contributed by atoms with E-state index in [0.717, 1.165) is 24.3 Å². The Balaban J connectivity index is 2.45. The molecular formula is C15H10O10S. The third-order valence-electron chi connectivity index (χ3n) is 3.55. The summed E-state index contributed by atoms with van der Waals surface area (Å²) in [6.45, 7) is 0. The third-order valence-corrected chi connectivity index (χ3v) is 4.47. The van der Waals surface area contributed by atoms with Gasteiger partial charge in [-0.05, 0) is 12.1 Å². The fraction of sp³-hybridized carbons (Fsp3) is 0. The van der Waals surface area contributed by atoms with Crippen LogP contribution in [0.4, 0.5) is 0 Å². The summed E-state index contributed by atoms with van der Waals surface area (Å²) in [7, 11) is -5.05. The summed E-state index contributed by atoms with van der Waals surface area (Å²) in [6.07, 6.45) is 0. The van der Waals surface area contributed by atoms with Crippen LogP contribution in [0.5, 0.6) is 28.7 Å². The normalized spacial score (nSPS) is 11.7.